The van der Waals surface area contributed by atoms with Crippen LogP contribution in [0.5, 0.6) is 11.5 Å². The first kappa shape index (κ1) is 23.5. The SMILES string of the molecule is CC(C)(C)OC(=O)N(CC1COc2c(cc(F)c3nc(Br)sc23)O1)C(=O)OC(C)(C)C. The van der Waals surface area contributed by atoms with E-state index >= 15 is 0 Å². The van der Waals surface area contributed by atoms with Crippen molar-refractivity contribution in [3.8, 4) is 11.5 Å². The molecule has 0 saturated carbocycles. The van der Waals surface area contributed by atoms with E-state index in [1.54, 1.807) is 41.5 Å². The van der Waals surface area contributed by atoms with Crippen molar-refractivity contribution in [2.24, 2.45) is 0 Å². The van der Waals surface area contributed by atoms with Crippen LogP contribution in [0.3, 0.4) is 0 Å². The number of hydrogen-bond donors (Lipinski definition) is 0. The molecule has 8 nitrogen and oxygen atoms in total. The highest BCUT2D eigenvalue weighted by Crippen LogP contribution is 2.44. The molecule has 11 heteroatoms. The first-order valence-electron chi connectivity index (χ1n) is 9.55. The van der Waals surface area contributed by atoms with Gasteiger partial charge >= 0.3 is 12.2 Å². The highest BCUT2D eigenvalue weighted by Gasteiger charge is 2.36. The second kappa shape index (κ2) is 8.42. The van der Waals surface area contributed by atoms with E-state index in [2.05, 4.69) is 20.9 Å². The molecule has 0 fully saturated rings. The lowest BCUT2D eigenvalue weighted by Crippen LogP contribution is -2.49. The van der Waals surface area contributed by atoms with Gasteiger partial charge in [-0.2, -0.15) is 0 Å². The van der Waals surface area contributed by atoms with Gasteiger partial charge in [-0.3, -0.25) is 0 Å². The minimum absolute atomic E-state index is 0.0331. The van der Waals surface area contributed by atoms with Gasteiger partial charge in [-0.25, -0.2) is 23.9 Å². The quantitative estimate of drug-likeness (QED) is 0.517. The highest BCUT2D eigenvalue weighted by atomic mass is 79.9. The molecule has 0 radical (unpaired) electrons. The molecule has 1 aromatic heterocycles. The Kier molecular flexibility index (Phi) is 6.39. The number of benzene rings is 1. The molecule has 2 amide bonds. The Morgan fingerprint density at radius 3 is 2.35 bits per heavy atom. The van der Waals surface area contributed by atoms with Crippen LogP contribution in [0.4, 0.5) is 14.0 Å². The lowest BCUT2D eigenvalue weighted by Gasteiger charge is -2.32. The van der Waals surface area contributed by atoms with Crippen molar-refractivity contribution in [2.75, 3.05) is 13.2 Å². The zero-order chi connectivity index (χ0) is 23.1. The van der Waals surface area contributed by atoms with Crippen molar-refractivity contribution < 1.29 is 32.9 Å². The lowest BCUT2D eigenvalue weighted by atomic mass is 10.2. The number of nitrogens with zero attached hydrogens (tertiary/aromatic N) is 2. The Bertz CT molecular complexity index is 986. The van der Waals surface area contributed by atoms with E-state index in [9.17, 15) is 14.0 Å². The lowest BCUT2D eigenvalue weighted by molar-refractivity contribution is -0.0113. The number of halogens is 2. The molecule has 2 heterocycles. The second-order valence-corrected chi connectivity index (χ2v) is 11.2. The molecule has 1 aliphatic heterocycles. The average Bonchev–Trinajstić information content (AvgIpc) is 2.98. The van der Waals surface area contributed by atoms with Crippen LogP contribution in [-0.2, 0) is 9.47 Å². The fourth-order valence-corrected chi connectivity index (χ4v) is 4.20. The summed E-state index contributed by atoms with van der Waals surface area (Å²) in [6, 6.07) is 1.18. The van der Waals surface area contributed by atoms with Crippen LogP contribution in [-0.4, -0.2) is 52.5 Å². The topological polar surface area (TPSA) is 87.2 Å². The van der Waals surface area contributed by atoms with Gasteiger partial charge in [0.2, 0.25) is 0 Å². The number of fused-ring (bicyclic) bond motifs is 3. The number of aromatic nitrogens is 1. The van der Waals surface area contributed by atoms with Crippen LogP contribution in [0.15, 0.2) is 9.98 Å². The third-order valence-corrected chi connectivity index (χ3v) is 5.34. The molecule has 3 rings (SSSR count). The zero-order valence-corrected chi connectivity index (χ0v) is 20.5. The van der Waals surface area contributed by atoms with Crippen molar-refractivity contribution in [1.29, 1.82) is 0 Å². The fourth-order valence-electron chi connectivity index (χ4n) is 2.74. The number of amides is 2. The van der Waals surface area contributed by atoms with E-state index in [4.69, 9.17) is 18.9 Å². The molecule has 1 atom stereocenters. The van der Waals surface area contributed by atoms with Crippen LogP contribution in [0.2, 0.25) is 0 Å². The molecular weight excluding hydrogens is 495 g/mol. The summed E-state index contributed by atoms with van der Waals surface area (Å²) in [5.41, 5.74) is -1.45. The van der Waals surface area contributed by atoms with E-state index in [-0.39, 0.29) is 24.4 Å². The largest absolute Gasteiger partial charge is 0.484 e. The summed E-state index contributed by atoms with van der Waals surface area (Å²) >= 11 is 4.47. The first-order chi connectivity index (χ1) is 14.2. The second-order valence-electron chi connectivity index (χ2n) is 8.95. The van der Waals surface area contributed by atoms with Gasteiger partial charge in [-0.05, 0) is 57.5 Å². The van der Waals surface area contributed by atoms with Gasteiger partial charge in [0.05, 0.1) is 6.54 Å². The standard InChI is InChI=1S/C20H24BrFN2O6S/c1-19(2,3)29-17(25)24(18(26)30-20(4,5)6)8-10-9-27-14-12(28-10)7-11(22)13-15(14)31-16(21)23-13/h7,10H,8-9H2,1-6H3. The van der Waals surface area contributed by atoms with Crippen LogP contribution in [0.25, 0.3) is 10.2 Å². The van der Waals surface area contributed by atoms with Gasteiger partial charge in [-0.1, -0.05) is 0 Å². The van der Waals surface area contributed by atoms with Gasteiger partial charge in [0.15, 0.2) is 27.3 Å². The van der Waals surface area contributed by atoms with Crippen molar-refractivity contribution in [1.82, 2.24) is 9.88 Å². The van der Waals surface area contributed by atoms with Crippen molar-refractivity contribution in [3.63, 3.8) is 0 Å². The summed E-state index contributed by atoms with van der Waals surface area (Å²) in [7, 11) is 0. The fraction of sp³-hybridized carbons (Fsp3) is 0.550. The maximum atomic E-state index is 14.4. The molecule has 31 heavy (non-hydrogen) atoms. The number of thiazole rings is 1. The number of imide groups is 1. The van der Waals surface area contributed by atoms with Crippen LogP contribution in [0.1, 0.15) is 41.5 Å². The number of carbonyl (C=O) groups excluding carboxylic acids is 2. The maximum absolute atomic E-state index is 14.4. The first-order valence-corrected chi connectivity index (χ1v) is 11.2. The summed E-state index contributed by atoms with van der Waals surface area (Å²) < 4.78 is 37.8. The maximum Gasteiger partial charge on any atom is 0.419 e. The summed E-state index contributed by atoms with van der Waals surface area (Å²) in [6.07, 6.45) is -2.49. The minimum Gasteiger partial charge on any atom is -0.484 e. The van der Waals surface area contributed by atoms with Gasteiger partial charge in [0.1, 0.15) is 28.0 Å². The zero-order valence-electron chi connectivity index (χ0n) is 18.1. The van der Waals surface area contributed by atoms with E-state index in [1.165, 1.54) is 17.4 Å². The molecule has 1 aromatic carbocycles. The predicted octanol–water partition coefficient (Wildman–Crippen LogP) is 5.51. The third-order valence-electron chi connectivity index (χ3n) is 3.84. The molecule has 0 saturated heterocycles. The van der Waals surface area contributed by atoms with Crippen molar-refractivity contribution in [3.05, 3.63) is 15.8 Å². The minimum atomic E-state index is -0.871. The Morgan fingerprint density at radius 1 is 1.23 bits per heavy atom. The highest BCUT2D eigenvalue weighted by molar-refractivity contribution is 9.11. The van der Waals surface area contributed by atoms with Gasteiger partial charge in [0.25, 0.3) is 0 Å². The van der Waals surface area contributed by atoms with E-state index in [1.807, 2.05) is 0 Å². The van der Waals surface area contributed by atoms with E-state index in [0.29, 0.717) is 14.4 Å². The Balaban J connectivity index is 1.83. The average molecular weight is 519 g/mol. The number of ether oxygens (including phenoxy) is 4. The van der Waals surface area contributed by atoms with Crippen LogP contribution >= 0.6 is 27.3 Å². The van der Waals surface area contributed by atoms with Crippen LogP contribution < -0.4 is 9.47 Å². The Morgan fingerprint density at radius 2 is 1.81 bits per heavy atom. The summed E-state index contributed by atoms with van der Waals surface area (Å²) in [5.74, 6) is -0.0150. The number of hydrogen-bond acceptors (Lipinski definition) is 8. The van der Waals surface area contributed by atoms with E-state index in [0.717, 1.165) is 4.90 Å². The molecular formula is C20H24BrFN2O6S. The Hall–Kier alpha value is -2.14. The molecule has 1 unspecified atom stereocenters. The smallest absolute Gasteiger partial charge is 0.419 e. The molecule has 0 N–H and O–H groups in total. The molecule has 0 bridgehead atoms. The normalized spacial score (nSPS) is 16.2. The van der Waals surface area contributed by atoms with Crippen molar-refractivity contribution >= 4 is 49.7 Å². The van der Waals surface area contributed by atoms with E-state index < -0.39 is 35.3 Å². The molecule has 170 valence electrons. The van der Waals surface area contributed by atoms with Crippen molar-refractivity contribution in [2.45, 2.75) is 58.8 Å². The Labute approximate surface area is 191 Å². The van der Waals surface area contributed by atoms with Gasteiger partial charge in [-0.15, -0.1) is 11.3 Å². The van der Waals surface area contributed by atoms with Gasteiger partial charge in [0, 0.05) is 6.07 Å². The van der Waals surface area contributed by atoms with Crippen LogP contribution in [0, 0.1) is 5.82 Å². The summed E-state index contributed by atoms with van der Waals surface area (Å²) in [5, 5.41) is 0. The molecule has 0 spiro atoms. The monoisotopic (exact) mass is 518 g/mol. The third kappa shape index (κ3) is 5.76. The summed E-state index contributed by atoms with van der Waals surface area (Å²) in [4.78, 5) is 30.3. The number of carbonyl (C=O) groups is 2. The van der Waals surface area contributed by atoms with Gasteiger partial charge < -0.3 is 18.9 Å². The molecule has 1 aliphatic rings. The summed E-state index contributed by atoms with van der Waals surface area (Å²) in [6.45, 7) is 9.98. The number of rotatable bonds is 2. The molecule has 2 aromatic rings. The predicted molar refractivity (Wildman–Crippen MR) is 116 cm³/mol. The molecule has 0 aliphatic carbocycles.